The van der Waals surface area contributed by atoms with Gasteiger partial charge in [0, 0.05) is 12.1 Å². The lowest BCUT2D eigenvalue weighted by Crippen LogP contribution is -2.53. The minimum atomic E-state index is -1.07. The number of benzene rings is 1. The Morgan fingerprint density at radius 1 is 1.47 bits per heavy atom. The zero-order valence-electron chi connectivity index (χ0n) is 11.2. The maximum atomic E-state index is 10.6. The summed E-state index contributed by atoms with van der Waals surface area (Å²) in [6.45, 7) is 8.65. The van der Waals surface area contributed by atoms with Crippen molar-refractivity contribution in [2.75, 3.05) is 5.06 Å². The Bertz CT molecular complexity index is 484. The molecule has 0 amide bonds. The average molecular weight is 266 g/mol. The third-order valence-corrected chi connectivity index (χ3v) is 3.42. The van der Waals surface area contributed by atoms with Crippen molar-refractivity contribution in [2.45, 2.75) is 32.4 Å². The Kier molecular flexibility index (Phi) is 4.28. The highest BCUT2D eigenvalue weighted by atomic mass is 16.6. The second kappa shape index (κ2) is 5.38. The van der Waals surface area contributed by atoms with E-state index < -0.39 is 16.6 Å². The summed E-state index contributed by atoms with van der Waals surface area (Å²) < 4.78 is 0. The van der Waals surface area contributed by atoms with Gasteiger partial charge in [-0.1, -0.05) is 12.2 Å². The van der Waals surface area contributed by atoms with Crippen molar-refractivity contribution in [2.24, 2.45) is 0 Å². The Hall–Kier alpha value is -1.92. The van der Waals surface area contributed by atoms with Gasteiger partial charge in [-0.2, -0.15) is 0 Å². The number of hydrogen-bond acceptors (Lipinski definition) is 5. The lowest BCUT2D eigenvalue weighted by molar-refractivity contribution is -0.384. The van der Waals surface area contributed by atoms with Crippen LogP contribution < -0.4 is 5.06 Å². The molecule has 1 rings (SSSR count). The first-order chi connectivity index (χ1) is 8.71. The maximum Gasteiger partial charge on any atom is 0.269 e. The molecule has 0 unspecified atom stereocenters. The molecule has 0 fully saturated rings. The van der Waals surface area contributed by atoms with Crippen molar-refractivity contribution in [3.63, 3.8) is 0 Å². The second-order valence-electron chi connectivity index (χ2n) is 4.69. The number of anilines is 1. The van der Waals surface area contributed by atoms with Crippen molar-refractivity contribution in [3.05, 3.63) is 46.5 Å². The van der Waals surface area contributed by atoms with E-state index in [1.165, 1.54) is 24.3 Å². The van der Waals surface area contributed by atoms with E-state index in [4.69, 9.17) is 0 Å². The summed E-state index contributed by atoms with van der Waals surface area (Å²) in [5, 5.41) is 31.5. The fourth-order valence-corrected chi connectivity index (χ4v) is 1.70. The molecule has 0 radical (unpaired) electrons. The number of aliphatic hydroxyl groups is 1. The molecule has 0 aliphatic rings. The zero-order chi connectivity index (χ0) is 14.8. The number of hydroxylamine groups is 1. The van der Waals surface area contributed by atoms with Gasteiger partial charge in [-0.25, -0.2) is 5.06 Å². The standard InChI is InChI=1S/C13H18N2O4/c1-9(2)13(4,10(3)16)14(17)11-5-7-12(8-6-11)15(18)19/h5-8,10,16-17H,1H2,2-4H3/t10-,13-/m0/s1. The molecule has 0 aliphatic carbocycles. The minimum absolute atomic E-state index is 0.0637. The predicted molar refractivity (Wildman–Crippen MR) is 72.3 cm³/mol. The summed E-state index contributed by atoms with van der Waals surface area (Å²) in [4.78, 5) is 10.1. The van der Waals surface area contributed by atoms with Crippen LogP contribution in [0.4, 0.5) is 11.4 Å². The molecule has 0 bridgehead atoms. The summed E-state index contributed by atoms with van der Waals surface area (Å²) in [5.74, 6) is 0. The predicted octanol–water partition coefficient (Wildman–Crippen LogP) is 2.51. The quantitative estimate of drug-likeness (QED) is 0.485. The summed E-state index contributed by atoms with van der Waals surface area (Å²) in [5.41, 5.74) is -0.220. The fraction of sp³-hybridized carbons (Fsp3) is 0.385. The van der Waals surface area contributed by atoms with Crippen LogP contribution in [0, 0.1) is 10.1 Å². The van der Waals surface area contributed by atoms with Gasteiger partial charge in [0.1, 0.15) is 5.54 Å². The van der Waals surface area contributed by atoms with Crippen LogP contribution in [0.5, 0.6) is 0 Å². The molecule has 1 aromatic rings. The number of rotatable bonds is 5. The number of nitro benzene ring substituents is 1. The molecule has 2 N–H and O–H groups in total. The molecule has 0 heterocycles. The first-order valence-electron chi connectivity index (χ1n) is 5.79. The highest BCUT2D eigenvalue weighted by Gasteiger charge is 2.37. The van der Waals surface area contributed by atoms with Gasteiger partial charge in [-0.05, 0) is 32.9 Å². The molecular formula is C13H18N2O4. The van der Waals surface area contributed by atoms with Crippen molar-refractivity contribution in [1.82, 2.24) is 0 Å². The molecule has 19 heavy (non-hydrogen) atoms. The maximum absolute atomic E-state index is 10.6. The van der Waals surface area contributed by atoms with Crippen LogP contribution in [0.1, 0.15) is 20.8 Å². The average Bonchev–Trinajstić information content (AvgIpc) is 2.36. The number of nitro groups is 1. The van der Waals surface area contributed by atoms with E-state index >= 15 is 0 Å². The van der Waals surface area contributed by atoms with Crippen LogP contribution >= 0.6 is 0 Å². The molecule has 2 atom stereocenters. The SMILES string of the molecule is C=C(C)[C@@](C)([C@H](C)O)N(O)c1ccc([N+](=O)[O-])cc1. The Morgan fingerprint density at radius 3 is 2.26 bits per heavy atom. The summed E-state index contributed by atoms with van der Waals surface area (Å²) in [6, 6.07) is 5.42. The van der Waals surface area contributed by atoms with Crippen LogP contribution in [0.15, 0.2) is 36.4 Å². The number of hydrogen-bond donors (Lipinski definition) is 2. The van der Waals surface area contributed by atoms with Gasteiger partial charge in [-0.3, -0.25) is 15.3 Å². The molecule has 0 saturated carbocycles. The smallest absolute Gasteiger partial charge is 0.269 e. The summed E-state index contributed by atoms with van der Waals surface area (Å²) >= 11 is 0. The Balaban J connectivity index is 3.14. The molecular weight excluding hydrogens is 248 g/mol. The van der Waals surface area contributed by atoms with Crippen LogP contribution in [0.25, 0.3) is 0 Å². The van der Waals surface area contributed by atoms with E-state index in [1.54, 1.807) is 20.8 Å². The van der Waals surface area contributed by atoms with Crippen LogP contribution in [0.3, 0.4) is 0 Å². The fourth-order valence-electron chi connectivity index (χ4n) is 1.70. The van der Waals surface area contributed by atoms with Gasteiger partial charge < -0.3 is 5.11 Å². The third kappa shape index (κ3) is 2.74. The number of non-ortho nitro benzene ring substituents is 1. The molecule has 0 spiro atoms. The topological polar surface area (TPSA) is 86.8 Å². The molecule has 104 valence electrons. The minimum Gasteiger partial charge on any atom is -0.391 e. The van der Waals surface area contributed by atoms with Gasteiger partial charge in [0.25, 0.3) is 5.69 Å². The van der Waals surface area contributed by atoms with E-state index in [-0.39, 0.29) is 5.69 Å². The highest BCUT2D eigenvalue weighted by Crippen LogP contribution is 2.31. The highest BCUT2D eigenvalue weighted by molar-refractivity contribution is 5.52. The number of nitrogens with zero attached hydrogens (tertiary/aromatic N) is 2. The molecule has 6 nitrogen and oxygen atoms in total. The van der Waals surface area contributed by atoms with Crippen molar-refractivity contribution in [1.29, 1.82) is 0 Å². The zero-order valence-corrected chi connectivity index (χ0v) is 11.2. The van der Waals surface area contributed by atoms with Crippen LogP contribution in [-0.2, 0) is 0 Å². The van der Waals surface area contributed by atoms with Crippen molar-refractivity contribution in [3.8, 4) is 0 Å². The third-order valence-electron chi connectivity index (χ3n) is 3.42. The summed E-state index contributed by atoms with van der Waals surface area (Å²) in [7, 11) is 0. The molecule has 6 heteroatoms. The van der Waals surface area contributed by atoms with E-state index in [1.807, 2.05) is 0 Å². The molecule has 1 aromatic carbocycles. The van der Waals surface area contributed by atoms with Crippen molar-refractivity contribution < 1.29 is 15.2 Å². The van der Waals surface area contributed by atoms with Gasteiger partial charge >= 0.3 is 0 Å². The molecule has 0 aromatic heterocycles. The van der Waals surface area contributed by atoms with Crippen molar-refractivity contribution >= 4 is 11.4 Å². The molecule has 0 aliphatic heterocycles. The van der Waals surface area contributed by atoms with E-state index in [9.17, 15) is 20.4 Å². The summed E-state index contributed by atoms with van der Waals surface area (Å²) in [6.07, 6.45) is -0.870. The van der Waals surface area contributed by atoms with Gasteiger partial charge in [0.15, 0.2) is 0 Å². The van der Waals surface area contributed by atoms with Crippen LogP contribution in [0.2, 0.25) is 0 Å². The largest absolute Gasteiger partial charge is 0.391 e. The monoisotopic (exact) mass is 266 g/mol. The van der Waals surface area contributed by atoms with E-state index in [0.717, 1.165) is 5.06 Å². The lowest BCUT2D eigenvalue weighted by atomic mass is 9.87. The van der Waals surface area contributed by atoms with Gasteiger partial charge in [0.2, 0.25) is 0 Å². The van der Waals surface area contributed by atoms with Crippen LogP contribution in [-0.4, -0.2) is 26.9 Å². The second-order valence-corrected chi connectivity index (χ2v) is 4.69. The molecule has 0 saturated heterocycles. The Labute approximate surface area is 111 Å². The normalized spacial score (nSPS) is 15.4. The first kappa shape index (κ1) is 15.1. The van der Waals surface area contributed by atoms with E-state index in [2.05, 4.69) is 6.58 Å². The number of aliphatic hydroxyl groups excluding tert-OH is 1. The van der Waals surface area contributed by atoms with Gasteiger partial charge in [-0.15, -0.1) is 0 Å². The Morgan fingerprint density at radius 2 is 1.95 bits per heavy atom. The first-order valence-corrected chi connectivity index (χ1v) is 5.79. The van der Waals surface area contributed by atoms with E-state index in [0.29, 0.717) is 11.3 Å². The lowest BCUT2D eigenvalue weighted by Gasteiger charge is -2.41. The van der Waals surface area contributed by atoms with Gasteiger partial charge in [0.05, 0.1) is 16.7 Å².